The zero-order valence-corrected chi connectivity index (χ0v) is 11.0. The molecule has 1 aromatic carbocycles. The molecule has 1 N–H and O–H groups in total. The predicted molar refractivity (Wildman–Crippen MR) is 62.9 cm³/mol. The van der Waals surface area contributed by atoms with Crippen molar-refractivity contribution in [3.05, 3.63) is 29.3 Å². The van der Waals surface area contributed by atoms with Gasteiger partial charge in [-0.15, -0.1) is 0 Å². The van der Waals surface area contributed by atoms with Gasteiger partial charge < -0.3 is 9.84 Å². The number of nitrogens with zero attached hydrogens (tertiary/aromatic N) is 1. The van der Waals surface area contributed by atoms with E-state index in [0.29, 0.717) is 12.1 Å². The van der Waals surface area contributed by atoms with E-state index < -0.39 is 38.1 Å². The van der Waals surface area contributed by atoms with E-state index in [4.69, 9.17) is 9.84 Å². The molecular formula is C11H11F2NO5S. The Hall–Kier alpha value is -1.58. The normalized spacial score (nSPS) is 17.1. The molecule has 20 heavy (non-hydrogen) atoms. The molecule has 1 fully saturated rings. The van der Waals surface area contributed by atoms with E-state index in [-0.39, 0.29) is 26.3 Å². The Morgan fingerprint density at radius 1 is 1.25 bits per heavy atom. The van der Waals surface area contributed by atoms with Gasteiger partial charge in [0.1, 0.15) is 0 Å². The van der Waals surface area contributed by atoms with Crippen LogP contribution in [-0.4, -0.2) is 50.1 Å². The molecule has 1 aliphatic heterocycles. The van der Waals surface area contributed by atoms with Gasteiger partial charge in [-0.05, 0) is 12.1 Å². The molecule has 0 bridgehead atoms. The van der Waals surface area contributed by atoms with Crippen molar-refractivity contribution >= 4 is 16.0 Å². The second kappa shape index (κ2) is 5.43. The van der Waals surface area contributed by atoms with Gasteiger partial charge in [-0.3, -0.25) is 0 Å². The maximum Gasteiger partial charge on any atom is 0.338 e. The minimum Gasteiger partial charge on any atom is -0.478 e. The standard InChI is InChI=1S/C11H11F2NO5S/c12-9-6-7(5-8(10(9)13)11(15)16)20(17,18)14-1-3-19-4-2-14/h5-6H,1-4H2,(H,15,16). The van der Waals surface area contributed by atoms with Crippen molar-refractivity contribution in [2.75, 3.05) is 26.3 Å². The zero-order chi connectivity index (χ0) is 14.9. The second-order valence-electron chi connectivity index (χ2n) is 4.09. The maximum atomic E-state index is 13.4. The van der Waals surface area contributed by atoms with Gasteiger partial charge in [-0.1, -0.05) is 0 Å². The molecule has 0 aliphatic carbocycles. The number of carboxylic acid groups (broad SMARTS) is 1. The quantitative estimate of drug-likeness (QED) is 0.888. The van der Waals surface area contributed by atoms with Gasteiger partial charge in [0.05, 0.1) is 23.7 Å². The fourth-order valence-corrected chi connectivity index (χ4v) is 3.25. The number of carboxylic acids is 1. The van der Waals surface area contributed by atoms with Crippen LogP contribution < -0.4 is 0 Å². The highest BCUT2D eigenvalue weighted by molar-refractivity contribution is 7.89. The van der Waals surface area contributed by atoms with E-state index in [1.54, 1.807) is 0 Å². The molecule has 0 atom stereocenters. The molecule has 0 unspecified atom stereocenters. The number of morpholine rings is 1. The summed E-state index contributed by atoms with van der Waals surface area (Å²) in [6.07, 6.45) is 0. The number of aromatic carboxylic acids is 1. The van der Waals surface area contributed by atoms with Gasteiger partial charge in [0.2, 0.25) is 10.0 Å². The molecule has 110 valence electrons. The molecule has 1 heterocycles. The number of ether oxygens (including phenoxy) is 1. The lowest BCUT2D eigenvalue weighted by atomic mass is 10.2. The molecule has 0 radical (unpaired) electrons. The summed E-state index contributed by atoms with van der Waals surface area (Å²) < 4.78 is 57.1. The Kier molecular flexibility index (Phi) is 4.02. The zero-order valence-electron chi connectivity index (χ0n) is 10.2. The van der Waals surface area contributed by atoms with Crippen LogP contribution in [0.2, 0.25) is 0 Å². The van der Waals surface area contributed by atoms with Crippen LogP contribution in [0.4, 0.5) is 8.78 Å². The van der Waals surface area contributed by atoms with Crippen LogP contribution in [0.15, 0.2) is 17.0 Å². The first-order valence-electron chi connectivity index (χ1n) is 5.64. The number of benzene rings is 1. The summed E-state index contributed by atoms with van der Waals surface area (Å²) in [7, 11) is -4.07. The summed E-state index contributed by atoms with van der Waals surface area (Å²) in [5, 5.41) is 8.76. The Balaban J connectivity index is 2.49. The lowest BCUT2D eigenvalue weighted by molar-refractivity contribution is 0.0689. The van der Waals surface area contributed by atoms with Crippen LogP contribution in [0, 0.1) is 11.6 Å². The lowest BCUT2D eigenvalue weighted by Gasteiger charge is -2.26. The van der Waals surface area contributed by atoms with Crippen LogP contribution in [0.5, 0.6) is 0 Å². The molecule has 0 aromatic heterocycles. The first kappa shape index (κ1) is 14.8. The topological polar surface area (TPSA) is 83.9 Å². The van der Waals surface area contributed by atoms with Crippen LogP contribution in [0.25, 0.3) is 0 Å². The first-order valence-corrected chi connectivity index (χ1v) is 7.08. The highest BCUT2D eigenvalue weighted by Crippen LogP contribution is 2.22. The van der Waals surface area contributed by atoms with Gasteiger partial charge in [0.25, 0.3) is 0 Å². The highest BCUT2D eigenvalue weighted by Gasteiger charge is 2.29. The van der Waals surface area contributed by atoms with Crippen molar-refractivity contribution in [2.45, 2.75) is 4.90 Å². The predicted octanol–water partition coefficient (Wildman–Crippen LogP) is 0.684. The van der Waals surface area contributed by atoms with Gasteiger partial charge >= 0.3 is 5.97 Å². The minimum absolute atomic E-state index is 0.0731. The van der Waals surface area contributed by atoms with E-state index in [0.717, 1.165) is 4.31 Å². The Morgan fingerprint density at radius 3 is 2.40 bits per heavy atom. The number of hydrogen-bond acceptors (Lipinski definition) is 4. The van der Waals surface area contributed by atoms with Crippen molar-refractivity contribution in [1.29, 1.82) is 0 Å². The van der Waals surface area contributed by atoms with Crippen LogP contribution in [0.3, 0.4) is 0 Å². The average molecular weight is 307 g/mol. The third-order valence-corrected chi connectivity index (χ3v) is 4.72. The van der Waals surface area contributed by atoms with E-state index >= 15 is 0 Å². The third kappa shape index (κ3) is 2.65. The summed E-state index contributed by atoms with van der Waals surface area (Å²) in [6.45, 7) is 0.525. The van der Waals surface area contributed by atoms with Crippen molar-refractivity contribution < 1.29 is 31.8 Å². The van der Waals surface area contributed by atoms with Gasteiger partial charge in [-0.25, -0.2) is 22.0 Å². The highest BCUT2D eigenvalue weighted by atomic mass is 32.2. The van der Waals surface area contributed by atoms with Crippen molar-refractivity contribution in [3.8, 4) is 0 Å². The van der Waals surface area contributed by atoms with E-state index in [1.165, 1.54) is 0 Å². The molecular weight excluding hydrogens is 296 g/mol. The minimum atomic E-state index is -4.07. The largest absolute Gasteiger partial charge is 0.478 e. The van der Waals surface area contributed by atoms with E-state index in [1.807, 2.05) is 0 Å². The number of rotatable bonds is 3. The molecule has 9 heteroatoms. The van der Waals surface area contributed by atoms with Crippen molar-refractivity contribution in [1.82, 2.24) is 4.31 Å². The molecule has 0 amide bonds. The van der Waals surface area contributed by atoms with Gasteiger partial charge in [-0.2, -0.15) is 4.31 Å². The molecule has 1 saturated heterocycles. The summed E-state index contributed by atoms with van der Waals surface area (Å²) in [5.41, 5.74) is -1.02. The number of sulfonamides is 1. The molecule has 0 saturated carbocycles. The molecule has 0 spiro atoms. The number of halogens is 2. The van der Waals surface area contributed by atoms with E-state index in [2.05, 4.69) is 0 Å². The fraction of sp³-hybridized carbons (Fsp3) is 0.364. The van der Waals surface area contributed by atoms with Gasteiger partial charge in [0.15, 0.2) is 11.6 Å². The Morgan fingerprint density at radius 2 is 1.85 bits per heavy atom. The maximum absolute atomic E-state index is 13.4. The third-order valence-electron chi connectivity index (χ3n) is 2.84. The van der Waals surface area contributed by atoms with Crippen LogP contribution in [0.1, 0.15) is 10.4 Å². The van der Waals surface area contributed by atoms with Crippen molar-refractivity contribution in [2.24, 2.45) is 0 Å². The monoisotopic (exact) mass is 307 g/mol. The Bertz CT molecular complexity index is 640. The summed E-state index contributed by atoms with van der Waals surface area (Å²) in [5.74, 6) is -4.84. The van der Waals surface area contributed by atoms with E-state index in [9.17, 15) is 22.0 Å². The van der Waals surface area contributed by atoms with Gasteiger partial charge in [0, 0.05) is 13.1 Å². The Labute approximate surface area is 113 Å². The summed E-state index contributed by atoms with van der Waals surface area (Å²) in [6, 6.07) is 1.10. The second-order valence-corrected chi connectivity index (χ2v) is 6.03. The smallest absolute Gasteiger partial charge is 0.338 e. The molecule has 1 aromatic rings. The molecule has 1 aliphatic rings. The van der Waals surface area contributed by atoms with Crippen LogP contribution >= 0.6 is 0 Å². The number of hydrogen-bond donors (Lipinski definition) is 1. The molecule has 2 rings (SSSR count). The molecule has 6 nitrogen and oxygen atoms in total. The summed E-state index contributed by atoms with van der Waals surface area (Å²) >= 11 is 0. The van der Waals surface area contributed by atoms with Crippen LogP contribution in [-0.2, 0) is 14.8 Å². The number of carbonyl (C=O) groups is 1. The average Bonchev–Trinajstić information content (AvgIpc) is 2.42. The fourth-order valence-electron chi connectivity index (χ4n) is 1.80. The van der Waals surface area contributed by atoms with Crippen molar-refractivity contribution in [3.63, 3.8) is 0 Å². The lowest BCUT2D eigenvalue weighted by Crippen LogP contribution is -2.40. The summed E-state index contributed by atoms with van der Waals surface area (Å²) in [4.78, 5) is 10.2. The first-order chi connectivity index (χ1) is 9.34. The SMILES string of the molecule is O=C(O)c1cc(S(=O)(=O)N2CCOCC2)cc(F)c1F.